The molecule has 0 heterocycles. The number of halogens is 3. The highest BCUT2D eigenvalue weighted by atomic mass is 32.2. The molecule has 0 aliphatic rings. The number of rotatable bonds is 4. The highest BCUT2D eigenvalue weighted by Crippen LogP contribution is 2.29. The Morgan fingerprint density at radius 1 is 1.11 bits per heavy atom. The largest absolute Gasteiger partial charge is 0.591 e. The molecule has 0 saturated carbocycles. The lowest BCUT2D eigenvalue weighted by atomic mass is 10.0. The van der Waals surface area contributed by atoms with E-state index in [-0.39, 0.29) is 5.71 Å². The first-order chi connectivity index (χ1) is 12.5. The van der Waals surface area contributed by atoms with Gasteiger partial charge in [-0.3, -0.25) is 0 Å². The standard InChI is InChI=1S/C19H27F3N2O3S/c1-12(23-16(25)27-17(2,3)4)15(24-28(26)18(5,6)7)13-8-10-14(11-9-13)19(20,21)22/h8-12H,1-7H3,(H,23,25)/b24-15-/t12-,28?/m0/s1. The maximum absolute atomic E-state index is 12.8. The molecule has 2 atom stereocenters. The van der Waals surface area contributed by atoms with E-state index in [1.807, 2.05) is 0 Å². The van der Waals surface area contributed by atoms with Gasteiger partial charge in [-0.25, -0.2) is 4.79 Å². The second-order valence-corrected chi connectivity index (χ2v) is 10.2. The molecule has 1 aromatic carbocycles. The highest BCUT2D eigenvalue weighted by Gasteiger charge is 2.32. The van der Waals surface area contributed by atoms with Crippen molar-refractivity contribution < 1.29 is 27.3 Å². The third kappa shape index (κ3) is 7.71. The van der Waals surface area contributed by atoms with Crippen LogP contribution in [0.1, 0.15) is 59.6 Å². The summed E-state index contributed by atoms with van der Waals surface area (Å²) in [5.74, 6) is 0. The van der Waals surface area contributed by atoms with Crippen LogP contribution in [0.5, 0.6) is 0 Å². The summed E-state index contributed by atoms with van der Waals surface area (Å²) < 4.78 is 59.7. The molecule has 1 rings (SSSR count). The first-order valence-corrected chi connectivity index (χ1v) is 9.79. The van der Waals surface area contributed by atoms with Crippen LogP contribution in [0.25, 0.3) is 0 Å². The molecule has 28 heavy (non-hydrogen) atoms. The SMILES string of the molecule is C[C@H](NC(=O)OC(C)(C)C)/C(=N/[S+]([O-])C(C)(C)C)c1ccc(C(F)(F)F)cc1. The van der Waals surface area contributed by atoms with Crippen molar-refractivity contribution in [3.05, 3.63) is 35.4 Å². The third-order valence-corrected chi connectivity index (χ3v) is 4.77. The smallest absolute Gasteiger partial charge is 0.416 e. The van der Waals surface area contributed by atoms with Gasteiger partial charge in [0.1, 0.15) is 27.4 Å². The monoisotopic (exact) mass is 420 g/mol. The Hall–Kier alpha value is -1.74. The van der Waals surface area contributed by atoms with Crippen molar-refractivity contribution in [1.29, 1.82) is 0 Å². The first-order valence-electron chi connectivity index (χ1n) is 8.68. The zero-order valence-electron chi connectivity index (χ0n) is 17.1. The van der Waals surface area contributed by atoms with Gasteiger partial charge in [-0.05, 0) is 60.6 Å². The van der Waals surface area contributed by atoms with E-state index in [0.29, 0.717) is 5.56 Å². The van der Waals surface area contributed by atoms with E-state index >= 15 is 0 Å². The average Bonchev–Trinajstić information content (AvgIpc) is 2.48. The van der Waals surface area contributed by atoms with Crippen LogP contribution in [0.4, 0.5) is 18.0 Å². The predicted molar refractivity (Wildman–Crippen MR) is 105 cm³/mol. The number of carbonyl (C=O) groups is 1. The van der Waals surface area contributed by atoms with Crippen LogP contribution in [-0.2, 0) is 22.3 Å². The molecule has 1 N–H and O–H groups in total. The summed E-state index contributed by atoms with van der Waals surface area (Å²) in [6, 6.07) is 3.59. The number of nitrogens with one attached hydrogen (secondary N) is 1. The van der Waals surface area contributed by atoms with Crippen LogP contribution in [0.15, 0.2) is 28.7 Å². The van der Waals surface area contributed by atoms with Crippen LogP contribution < -0.4 is 5.32 Å². The molecule has 0 saturated heterocycles. The maximum Gasteiger partial charge on any atom is 0.416 e. The molecule has 1 aromatic rings. The quantitative estimate of drug-likeness (QED) is 0.558. The number of ether oxygens (including phenoxy) is 1. The van der Waals surface area contributed by atoms with Crippen molar-refractivity contribution in [1.82, 2.24) is 5.32 Å². The lowest BCUT2D eigenvalue weighted by molar-refractivity contribution is -0.137. The zero-order chi connectivity index (χ0) is 21.9. The number of hydrogen-bond acceptors (Lipinski definition) is 4. The molecule has 0 bridgehead atoms. The van der Waals surface area contributed by atoms with E-state index in [4.69, 9.17) is 4.74 Å². The van der Waals surface area contributed by atoms with Gasteiger partial charge in [0.15, 0.2) is 0 Å². The van der Waals surface area contributed by atoms with Gasteiger partial charge in [-0.1, -0.05) is 16.5 Å². The van der Waals surface area contributed by atoms with Gasteiger partial charge < -0.3 is 14.6 Å². The Balaban J connectivity index is 3.23. The summed E-state index contributed by atoms with van der Waals surface area (Å²) in [6.07, 6.45) is -5.18. The van der Waals surface area contributed by atoms with Gasteiger partial charge >= 0.3 is 12.3 Å². The zero-order valence-corrected chi connectivity index (χ0v) is 17.9. The number of nitrogens with zero attached hydrogens (tertiary/aromatic N) is 1. The molecule has 5 nitrogen and oxygen atoms in total. The van der Waals surface area contributed by atoms with Gasteiger partial charge in [0.25, 0.3) is 0 Å². The molecule has 0 radical (unpaired) electrons. The van der Waals surface area contributed by atoms with Crippen molar-refractivity contribution in [2.75, 3.05) is 0 Å². The minimum atomic E-state index is -4.47. The van der Waals surface area contributed by atoms with E-state index in [9.17, 15) is 22.5 Å². The fourth-order valence-corrected chi connectivity index (χ4v) is 2.71. The topological polar surface area (TPSA) is 73.8 Å². The molecule has 9 heteroatoms. The van der Waals surface area contributed by atoms with Gasteiger partial charge in [0.2, 0.25) is 0 Å². The van der Waals surface area contributed by atoms with Crippen molar-refractivity contribution in [2.45, 2.75) is 71.0 Å². The van der Waals surface area contributed by atoms with Crippen LogP contribution in [0.3, 0.4) is 0 Å². The Kier molecular flexibility index (Phi) is 7.58. The maximum atomic E-state index is 12.8. The Morgan fingerprint density at radius 3 is 2.00 bits per heavy atom. The summed E-state index contributed by atoms with van der Waals surface area (Å²) in [4.78, 5) is 12.1. The Morgan fingerprint density at radius 2 is 1.61 bits per heavy atom. The van der Waals surface area contributed by atoms with Crippen LogP contribution >= 0.6 is 0 Å². The molecule has 0 aromatic heterocycles. The van der Waals surface area contributed by atoms with Crippen molar-refractivity contribution >= 4 is 23.2 Å². The predicted octanol–water partition coefficient (Wildman–Crippen LogP) is 4.87. The normalized spacial score (nSPS) is 15.8. The second kappa shape index (κ2) is 8.73. The highest BCUT2D eigenvalue weighted by molar-refractivity contribution is 7.91. The average molecular weight is 420 g/mol. The third-order valence-electron chi connectivity index (χ3n) is 3.36. The number of benzene rings is 1. The van der Waals surface area contributed by atoms with E-state index in [1.165, 1.54) is 12.1 Å². The fourth-order valence-electron chi connectivity index (χ4n) is 1.99. The van der Waals surface area contributed by atoms with Gasteiger partial charge in [-0.2, -0.15) is 13.2 Å². The van der Waals surface area contributed by atoms with Crippen molar-refractivity contribution in [2.24, 2.45) is 4.40 Å². The van der Waals surface area contributed by atoms with Gasteiger partial charge in [-0.15, -0.1) is 0 Å². The number of carbonyl (C=O) groups excluding carboxylic acids is 1. The van der Waals surface area contributed by atoms with E-state index in [2.05, 4.69) is 9.71 Å². The Labute approximate surface area is 167 Å². The number of amides is 1. The molecule has 0 fully saturated rings. The van der Waals surface area contributed by atoms with Gasteiger partial charge in [0.05, 0.1) is 11.6 Å². The van der Waals surface area contributed by atoms with E-state index in [0.717, 1.165) is 12.1 Å². The van der Waals surface area contributed by atoms with Crippen molar-refractivity contribution in [3.8, 4) is 0 Å². The number of alkyl carbamates (subject to hydrolysis) is 1. The van der Waals surface area contributed by atoms with Crippen LogP contribution in [0, 0.1) is 0 Å². The van der Waals surface area contributed by atoms with Crippen LogP contribution in [-0.4, -0.2) is 32.7 Å². The lowest BCUT2D eigenvalue weighted by Gasteiger charge is -2.24. The number of hydrogen-bond donors (Lipinski definition) is 1. The summed E-state index contributed by atoms with van der Waals surface area (Å²) in [5, 5.41) is 2.59. The second-order valence-electron chi connectivity index (χ2n) is 8.28. The van der Waals surface area contributed by atoms with Crippen molar-refractivity contribution in [3.63, 3.8) is 0 Å². The molecule has 1 amide bonds. The molecular weight excluding hydrogens is 393 g/mol. The summed E-state index contributed by atoms with van der Waals surface area (Å²) >= 11 is -1.67. The van der Waals surface area contributed by atoms with E-state index < -0.39 is 45.6 Å². The summed E-state index contributed by atoms with van der Waals surface area (Å²) in [6.45, 7) is 11.9. The molecular formula is C19H27F3N2O3S. The fraction of sp³-hybridized carbons (Fsp3) is 0.579. The summed E-state index contributed by atoms with van der Waals surface area (Å²) in [7, 11) is 0. The van der Waals surface area contributed by atoms with E-state index in [1.54, 1.807) is 48.5 Å². The minimum absolute atomic E-state index is 0.202. The van der Waals surface area contributed by atoms with Gasteiger partial charge in [0, 0.05) is 5.56 Å². The molecule has 0 aliphatic carbocycles. The first kappa shape index (κ1) is 24.3. The lowest BCUT2D eigenvalue weighted by Crippen LogP contribution is -2.42. The van der Waals surface area contributed by atoms with Crippen LogP contribution in [0.2, 0.25) is 0 Å². The molecule has 0 aliphatic heterocycles. The molecule has 0 spiro atoms. The molecule has 158 valence electrons. The Bertz CT molecular complexity index is 705. The summed E-state index contributed by atoms with van der Waals surface area (Å²) in [5.41, 5.74) is -0.994. The molecule has 1 unspecified atom stereocenters. The number of alkyl halides is 3. The minimum Gasteiger partial charge on any atom is -0.591 e.